The number of methoxy groups -OCH3 is 2. The van der Waals surface area contributed by atoms with Crippen molar-refractivity contribution < 1.29 is 19.0 Å². The van der Waals surface area contributed by atoms with Gasteiger partial charge in [0.2, 0.25) is 17.5 Å². The summed E-state index contributed by atoms with van der Waals surface area (Å²) >= 11 is 0. The molecule has 6 heteroatoms. The number of carbonyl (C=O) groups excluding carboxylic acids is 1. The van der Waals surface area contributed by atoms with Crippen molar-refractivity contribution in [1.82, 2.24) is 9.97 Å². The summed E-state index contributed by atoms with van der Waals surface area (Å²) in [6.45, 7) is 3.66. The van der Waals surface area contributed by atoms with Crippen LogP contribution in [0.4, 0.5) is 0 Å². The number of aromatic nitrogens is 2. The molecule has 0 saturated heterocycles. The molecule has 94 valence electrons. The maximum atomic E-state index is 11.8. The van der Waals surface area contributed by atoms with Gasteiger partial charge in [-0.25, -0.2) is 4.98 Å². The van der Waals surface area contributed by atoms with Gasteiger partial charge in [-0.1, -0.05) is 0 Å². The van der Waals surface area contributed by atoms with Crippen molar-refractivity contribution in [2.75, 3.05) is 20.8 Å². The first-order chi connectivity index (χ1) is 8.08. The Morgan fingerprint density at radius 1 is 1.35 bits per heavy atom. The van der Waals surface area contributed by atoms with Gasteiger partial charge in [0.15, 0.2) is 5.69 Å². The average Bonchev–Trinajstić information content (AvgIpc) is 2.34. The number of hydrogen-bond acceptors (Lipinski definition) is 6. The Kier molecular flexibility index (Phi) is 4.84. The van der Waals surface area contributed by atoms with Crippen molar-refractivity contribution in [1.29, 1.82) is 0 Å². The molecular weight excluding hydrogens is 224 g/mol. The lowest BCUT2D eigenvalue weighted by Crippen LogP contribution is -2.16. The van der Waals surface area contributed by atoms with Crippen LogP contribution in [0.3, 0.4) is 0 Å². The molecule has 0 aliphatic carbocycles. The van der Waals surface area contributed by atoms with E-state index in [1.807, 2.05) is 13.8 Å². The first kappa shape index (κ1) is 13.4. The third-order valence-electron chi connectivity index (χ3n) is 1.93. The molecule has 0 unspecified atom stereocenters. The number of carbonyl (C=O) groups is 1. The minimum absolute atomic E-state index is 0.0175. The highest BCUT2D eigenvalue weighted by Crippen LogP contribution is 2.17. The fourth-order valence-corrected chi connectivity index (χ4v) is 1.10. The number of hydrogen-bond donors (Lipinski definition) is 0. The lowest BCUT2D eigenvalue weighted by molar-refractivity contribution is 0.0577. The Balaban J connectivity index is 2.85. The zero-order chi connectivity index (χ0) is 12.8. The van der Waals surface area contributed by atoms with Crippen LogP contribution >= 0.6 is 0 Å². The van der Waals surface area contributed by atoms with E-state index in [0.29, 0.717) is 5.88 Å². The van der Waals surface area contributed by atoms with Crippen LogP contribution in [0, 0.1) is 0 Å². The summed E-state index contributed by atoms with van der Waals surface area (Å²) in [7, 11) is 2.89. The molecule has 0 N–H and O–H groups in total. The van der Waals surface area contributed by atoms with Gasteiger partial charge in [0.1, 0.15) is 6.61 Å². The standard InChI is InChI=1S/C11H16N2O4/c1-7(2)17-6-8(14)10-11(16-4)13-9(15-3)5-12-10/h5,7H,6H2,1-4H3. The van der Waals surface area contributed by atoms with E-state index in [0.717, 1.165) is 0 Å². The SMILES string of the molecule is COc1cnc(C(=O)COC(C)C)c(OC)n1. The molecule has 0 radical (unpaired) electrons. The van der Waals surface area contributed by atoms with Crippen LogP contribution in [0.15, 0.2) is 6.20 Å². The number of nitrogens with zero attached hydrogens (tertiary/aromatic N) is 2. The summed E-state index contributed by atoms with van der Waals surface area (Å²) in [6, 6.07) is 0. The quantitative estimate of drug-likeness (QED) is 0.693. The first-order valence-electron chi connectivity index (χ1n) is 5.18. The third kappa shape index (κ3) is 3.67. The summed E-state index contributed by atoms with van der Waals surface area (Å²) in [5.41, 5.74) is 0.147. The maximum absolute atomic E-state index is 11.8. The zero-order valence-corrected chi connectivity index (χ0v) is 10.4. The Hall–Kier alpha value is -1.69. The van der Waals surface area contributed by atoms with Gasteiger partial charge in [-0.3, -0.25) is 4.79 Å². The second-order valence-corrected chi connectivity index (χ2v) is 3.55. The summed E-state index contributed by atoms with van der Waals surface area (Å²) in [4.78, 5) is 19.7. The molecular formula is C11H16N2O4. The van der Waals surface area contributed by atoms with Gasteiger partial charge in [-0.15, -0.1) is 0 Å². The second kappa shape index (κ2) is 6.15. The third-order valence-corrected chi connectivity index (χ3v) is 1.93. The fourth-order valence-electron chi connectivity index (χ4n) is 1.10. The zero-order valence-electron chi connectivity index (χ0n) is 10.4. The normalized spacial score (nSPS) is 10.4. The van der Waals surface area contributed by atoms with Gasteiger partial charge >= 0.3 is 0 Å². The Bertz CT molecular complexity index is 393. The van der Waals surface area contributed by atoms with Gasteiger partial charge in [-0.05, 0) is 13.8 Å². The molecule has 0 aliphatic rings. The van der Waals surface area contributed by atoms with Gasteiger partial charge in [-0.2, -0.15) is 4.98 Å². The Morgan fingerprint density at radius 2 is 2.06 bits per heavy atom. The summed E-state index contributed by atoms with van der Waals surface area (Å²) in [5, 5.41) is 0. The van der Waals surface area contributed by atoms with Gasteiger partial charge in [0, 0.05) is 0 Å². The molecule has 0 spiro atoms. The van der Waals surface area contributed by atoms with Crippen molar-refractivity contribution in [2.24, 2.45) is 0 Å². The van der Waals surface area contributed by atoms with Crippen LogP contribution in [0.5, 0.6) is 11.8 Å². The molecule has 0 bridgehead atoms. The Labute approximate surface area is 99.9 Å². The van der Waals surface area contributed by atoms with E-state index in [2.05, 4.69) is 9.97 Å². The molecule has 17 heavy (non-hydrogen) atoms. The predicted molar refractivity (Wildman–Crippen MR) is 60.6 cm³/mol. The van der Waals surface area contributed by atoms with Crippen LogP contribution in [0.2, 0.25) is 0 Å². The molecule has 1 rings (SSSR count). The number of Topliss-reactive ketones (excluding diaryl/α,β-unsaturated/α-hetero) is 1. The molecule has 1 heterocycles. The first-order valence-corrected chi connectivity index (χ1v) is 5.18. The van der Waals surface area contributed by atoms with Crippen LogP contribution in [-0.4, -0.2) is 42.7 Å². The molecule has 6 nitrogen and oxygen atoms in total. The molecule has 1 aromatic heterocycles. The number of rotatable bonds is 6. The minimum atomic E-state index is -0.272. The molecule has 0 aromatic carbocycles. The van der Waals surface area contributed by atoms with E-state index >= 15 is 0 Å². The maximum Gasteiger partial charge on any atom is 0.246 e. The number of ketones is 1. The van der Waals surface area contributed by atoms with Gasteiger partial charge in [0.05, 0.1) is 26.5 Å². The molecule has 1 aromatic rings. The minimum Gasteiger partial charge on any atom is -0.480 e. The van der Waals surface area contributed by atoms with E-state index in [9.17, 15) is 4.79 Å². The fraction of sp³-hybridized carbons (Fsp3) is 0.545. The molecule has 0 atom stereocenters. The van der Waals surface area contributed by atoms with E-state index in [1.54, 1.807) is 0 Å². The smallest absolute Gasteiger partial charge is 0.246 e. The highest BCUT2D eigenvalue weighted by Gasteiger charge is 2.17. The van der Waals surface area contributed by atoms with E-state index < -0.39 is 0 Å². The topological polar surface area (TPSA) is 70.5 Å². The summed E-state index contributed by atoms with van der Waals surface area (Å²) < 4.78 is 15.1. The van der Waals surface area contributed by atoms with Gasteiger partial charge in [0.25, 0.3) is 0 Å². The summed E-state index contributed by atoms with van der Waals surface area (Å²) in [6.07, 6.45) is 1.35. The molecule has 0 fully saturated rings. The largest absolute Gasteiger partial charge is 0.480 e. The highest BCUT2D eigenvalue weighted by atomic mass is 16.5. The summed E-state index contributed by atoms with van der Waals surface area (Å²) in [5.74, 6) is 0.163. The molecule has 0 amide bonds. The monoisotopic (exact) mass is 240 g/mol. The highest BCUT2D eigenvalue weighted by molar-refractivity contribution is 5.97. The average molecular weight is 240 g/mol. The van der Waals surface area contributed by atoms with Crippen LogP contribution < -0.4 is 9.47 Å². The Morgan fingerprint density at radius 3 is 2.59 bits per heavy atom. The van der Waals surface area contributed by atoms with Crippen LogP contribution in [0.25, 0.3) is 0 Å². The van der Waals surface area contributed by atoms with Crippen molar-refractivity contribution in [3.8, 4) is 11.8 Å². The van der Waals surface area contributed by atoms with Crippen molar-refractivity contribution in [3.63, 3.8) is 0 Å². The van der Waals surface area contributed by atoms with Crippen molar-refractivity contribution in [3.05, 3.63) is 11.9 Å². The predicted octanol–water partition coefficient (Wildman–Crippen LogP) is 1.10. The lowest BCUT2D eigenvalue weighted by Gasteiger charge is -2.09. The van der Waals surface area contributed by atoms with Crippen molar-refractivity contribution >= 4 is 5.78 Å². The molecule has 0 aliphatic heterocycles. The van der Waals surface area contributed by atoms with Gasteiger partial charge < -0.3 is 14.2 Å². The second-order valence-electron chi connectivity index (χ2n) is 3.55. The van der Waals surface area contributed by atoms with Crippen LogP contribution in [0.1, 0.15) is 24.3 Å². The molecule has 0 saturated carbocycles. The van der Waals surface area contributed by atoms with E-state index in [1.165, 1.54) is 20.4 Å². The van der Waals surface area contributed by atoms with E-state index in [4.69, 9.17) is 14.2 Å². The number of ether oxygens (including phenoxy) is 3. The van der Waals surface area contributed by atoms with Crippen molar-refractivity contribution in [2.45, 2.75) is 20.0 Å². The van der Waals surface area contributed by atoms with Crippen LogP contribution in [-0.2, 0) is 4.74 Å². The lowest BCUT2D eigenvalue weighted by atomic mass is 10.3. The van der Waals surface area contributed by atoms with E-state index in [-0.39, 0.29) is 30.1 Å².